The Morgan fingerprint density at radius 1 is 0.929 bits per heavy atom. The third kappa shape index (κ3) is 1.80. The van der Waals surface area contributed by atoms with E-state index in [1.54, 1.807) is 0 Å². The number of hydrogen-bond donors (Lipinski definition) is 2. The number of fused-ring (bicyclic) bond motifs is 1. The second-order valence-electron chi connectivity index (χ2n) is 4.79. The summed E-state index contributed by atoms with van der Waals surface area (Å²) in [4.78, 5) is 0. The molecule has 2 saturated carbocycles. The van der Waals surface area contributed by atoms with Crippen molar-refractivity contribution >= 4 is 11.6 Å². The molecule has 0 bridgehead atoms. The van der Waals surface area contributed by atoms with E-state index in [1.165, 1.54) is 0 Å². The summed E-state index contributed by atoms with van der Waals surface area (Å²) in [6, 6.07) is 0. The molecule has 0 aromatic heterocycles. The van der Waals surface area contributed by atoms with Crippen LogP contribution >= 0.6 is 11.6 Å². The molecule has 0 amide bonds. The van der Waals surface area contributed by atoms with Crippen LogP contribution in [0.25, 0.3) is 0 Å². The molecule has 14 heavy (non-hydrogen) atoms. The van der Waals surface area contributed by atoms with E-state index in [2.05, 4.69) is 0 Å². The summed E-state index contributed by atoms with van der Waals surface area (Å²) in [5, 5.41) is 19.7. The lowest BCUT2D eigenvalue weighted by atomic mass is 9.64. The molecule has 2 rings (SSSR count). The van der Waals surface area contributed by atoms with Crippen molar-refractivity contribution in [3.8, 4) is 0 Å². The predicted octanol–water partition coefficient (Wildman–Crippen LogP) is 1.77. The molecule has 2 fully saturated rings. The molecule has 5 unspecified atom stereocenters. The molecule has 2 N–H and O–H groups in total. The molecule has 0 spiro atoms. The molecule has 0 heterocycles. The van der Waals surface area contributed by atoms with Gasteiger partial charge in [0.05, 0.1) is 12.2 Å². The van der Waals surface area contributed by atoms with Crippen molar-refractivity contribution in [1.29, 1.82) is 0 Å². The number of aliphatic hydroxyl groups is 2. The summed E-state index contributed by atoms with van der Waals surface area (Å²) in [5.74, 6) is 1.61. The largest absolute Gasteiger partial charge is 0.393 e. The highest BCUT2D eigenvalue weighted by Crippen LogP contribution is 2.44. The van der Waals surface area contributed by atoms with Gasteiger partial charge in [0.25, 0.3) is 0 Å². The fraction of sp³-hybridized carbons (Fsp3) is 1.00. The maximum Gasteiger partial charge on any atom is 0.0582 e. The van der Waals surface area contributed by atoms with Crippen LogP contribution in [0.1, 0.15) is 32.1 Å². The van der Waals surface area contributed by atoms with Gasteiger partial charge >= 0.3 is 0 Å². The van der Waals surface area contributed by atoms with Crippen molar-refractivity contribution in [2.75, 3.05) is 5.88 Å². The van der Waals surface area contributed by atoms with E-state index >= 15 is 0 Å². The summed E-state index contributed by atoms with van der Waals surface area (Å²) in [5.41, 5.74) is 0. The standard InChI is InChI=1S/C11H19ClO2/c12-6-9-7-2-1-3-10(13)8(7)4-5-11(9)14/h7-11,13-14H,1-6H2. The zero-order valence-corrected chi connectivity index (χ0v) is 9.16. The Morgan fingerprint density at radius 3 is 2.43 bits per heavy atom. The Labute approximate surface area is 90.3 Å². The Kier molecular flexibility index (Phi) is 3.35. The molecular formula is C11H19ClO2. The summed E-state index contributed by atoms with van der Waals surface area (Å²) >= 11 is 5.90. The lowest BCUT2D eigenvalue weighted by Gasteiger charge is -2.45. The minimum absolute atomic E-state index is 0.146. The summed E-state index contributed by atoms with van der Waals surface area (Å²) in [6.45, 7) is 0. The lowest BCUT2D eigenvalue weighted by molar-refractivity contribution is -0.0592. The van der Waals surface area contributed by atoms with E-state index in [0.717, 1.165) is 32.1 Å². The Hall–Kier alpha value is 0.210. The SMILES string of the molecule is OC1CCC2C(O)CCCC2C1CCl. The topological polar surface area (TPSA) is 40.5 Å². The predicted molar refractivity (Wildman–Crippen MR) is 56.3 cm³/mol. The number of alkyl halides is 1. The van der Waals surface area contributed by atoms with Crippen LogP contribution in [0, 0.1) is 17.8 Å². The zero-order chi connectivity index (χ0) is 10.1. The van der Waals surface area contributed by atoms with Gasteiger partial charge in [0, 0.05) is 11.8 Å². The maximum absolute atomic E-state index is 9.88. The van der Waals surface area contributed by atoms with Crippen LogP contribution in [0.2, 0.25) is 0 Å². The highest BCUT2D eigenvalue weighted by molar-refractivity contribution is 6.18. The Bertz CT molecular complexity index is 192. The smallest absolute Gasteiger partial charge is 0.0582 e. The van der Waals surface area contributed by atoms with Crippen molar-refractivity contribution < 1.29 is 10.2 Å². The molecular weight excluding hydrogens is 200 g/mol. The fourth-order valence-corrected chi connectivity index (χ4v) is 3.73. The van der Waals surface area contributed by atoms with Gasteiger partial charge in [-0.3, -0.25) is 0 Å². The van der Waals surface area contributed by atoms with Crippen LogP contribution in [0.5, 0.6) is 0 Å². The second kappa shape index (κ2) is 4.38. The van der Waals surface area contributed by atoms with Gasteiger partial charge < -0.3 is 10.2 Å². The minimum atomic E-state index is -0.237. The molecule has 2 nitrogen and oxygen atoms in total. The van der Waals surface area contributed by atoms with Crippen LogP contribution in [-0.4, -0.2) is 28.3 Å². The molecule has 2 aliphatic carbocycles. The van der Waals surface area contributed by atoms with Gasteiger partial charge in [-0.25, -0.2) is 0 Å². The minimum Gasteiger partial charge on any atom is -0.393 e. The molecule has 0 aliphatic heterocycles. The molecule has 0 radical (unpaired) electrons. The molecule has 0 aromatic carbocycles. The van der Waals surface area contributed by atoms with Gasteiger partial charge in [0.2, 0.25) is 0 Å². The first kappa shape index (κ1) is 10.7. The van der Waals surface area contributed by atoms with Gasteiger partial charge in [-0.1, -0.05) is 6.42 Å². The van der Waals surface area contributed by atoms with Crippen molar-refractivity contribution in [3.05, 3.63) is 0 Å². The molecule has 3 heteroatoms. The highest BCUT2D eigenvalue weighted by Gasteiger charge is 2.42. The number of halogens is 1. The van der Waals surface area contributed by atoms with Crippen LogP contribution < -0.4 is 0 Å². The van der Waals surface area contributed by atoms with Gasteiger partial charge in [0.1, 0.15) is 0 Å². The molecule has 82 valence electrons. The van der Waals surface area contributed by atoms with Crippen LogP contribution in [0.4, 0.5) is 0 Å². The lowest BCUT2D eigenvalue weighted by Crippen LogP contribution is -2.45. The number of rotatable bonds is 1. The fourth-order valence-electron chi connectivity index (χ4n) is 3.29. The third-order valence-electron chi connectivity index (χ3n) is 4.10. The quantitative estimate of drug-likeness (QED) is 0.659. The average molecular weight is 219 g/mol. The normalized spacial score (nSPS) is 48.6. The van der Waals surface area contributed by atoms with E-state index < -0.39 is 0 Å². The first-order valence-corrected chi connectivity index (χ1v) is 6.19. The monoisotopic (exact) mass is 218 g/mol. The van der Waals surface area contributed by atoms with Crippen LogP contribution in [-0.2, 0) is 0 Å². The van der Waals surface area contributed by atoms with E-state index in [9.17, 15) is 10.2 Å². The van der Waals surface area contributed by atoms with Gasteiger partial charge in [-0.05, 0) is 37.5 Å². The summed E-state index contributed by atoms with van der Waals surface area (Å²) in [7, 11) is 0. The van der Waals surface area contributed by atoms with E-state index in [0.29, 0.717) is 17.7 Å². The Balaban J connectivity index is 2.09. The van der Waals surface area contributed by atoms with Crippen molar-refractivity contribution in [2.24, 2.45) is 17.8 Å². The van der Waals surface area contributed by atoms with Gasteiger partial charge in [-0.2, -0.15) is 0 Å². The molecule has 0 saturated heterocycles. The maximum atomic E-state index is 9.88. The number of aliphatic hydroxyl groups excluding tert-OH is 2. The second-order valence-corrected chi connectivity index (χ2v) is 5.10. The van der Waals surface area contributed by atoms with Crippen LogP contribution in [0.15, 0.2) is 0 Å². The van der Waals surface area contributed by atoms with Gasteiger partial charge in [0.15, 0.2) is 0 Å². The van der Waals surface area contributed by atoms with E-state index in [4.69, 9.17) is 11.6 Å². The first-order valence-electron chi connectivity index (χ1n) is 5.66. The van der Waals surface area contributed by atoms with Crippen LogP contribution in [0.3, 0.4) is 0 Å². The molecule has 0 aromatic rings. The van der Waals surface area contributed by atoms with Crippen molar-refractivity contribution in [2.45, 2.75) is 44.3 Å². The van der Waals surface area contributed by atoms with Gasteiger partial charge in [-0.15, -0.1) is 11.6 Å². The van der Waals surface area contributed by atoms with E-state index in [1.807, 2.05) is 0 Å². The number of hydrogen-bond acceptors (Lipinski definition) is 2. The third-order valence-corrected chi connectivity index (χ3v) is 4.46. The van der Waals surface area contributed by atoms with E-state index in [-0.39, 0.29) is 18.1 Å². The van der Waals surface area contributed by atoms with Crippen molar-refractivity contribution in [3.63, 3.8) is 0 Å². The highest BCUT2D eigenvalue weighted by atomic mass is 35.5. The summed E-state index contributed by atoms with van der Waals surface area (Å²) in [6.07, 6.45) is 4.56. The summed E-state index contributed by atoms with van der Waals surface area (Å²) < 4.78 is 0. The average Bonchev–Trinajstić information content (AvgIpc) is 2.18. The van der Waals surface area contributed by atoms with Crippen molar-refractivity contribution in [1.82, 2.24) is 0 Å². The first-order chi connectivity index (χ1) is 6.74. The molecule has 2 aliphatic rings. The Morgan fingerprint density at radius 2 is 1.71 bits per heavy atom. The zero-order valence-electron chi connectivity index (χ0n) is 8.40. The molecule has 5 atom stereocenters.